The Kier molecular flexibility index (Phi) is 5.73. The molecule has 0 unspecified atom stereocenters. The van der Waals surface area contributed by atoms with Gasteiger partial charge in [0.1, 0.15) is 6.61 Å². The summed E-state index contributed by atoms with van der Waals surface area (Å²) in [5.74, 6) is 0.486. The molecule has 1 N–H and O–H groups in total. The van der Waals surface area contributed by atoms with Crippen molar-refractivity contribution in [1.82, 2.24) is 4.98 Å². The lowest BCUT2D eigenvalue weighted by molar-refractivity contribution is 0.0979. The molecule has 0 amide bonds. The Morgan fingerprint density at radius 2 is 2.20 bits per heavy atom. The van der Waals surface area contributed by atoms with Crippen LogP contribution in [0.5, 0.6) is 5.88 Å². The highest BCUT2D eigenvalue weighted by atomic mass is 16.5. The summed E-state index contributed by atoms with van der Waals surface area (Å²) in [6.45, 7) is 3.76. The first kappa shape index (κ1) is 11.9. The fraction of sp³-hybridized carbons (Fsp3) is 0.545. The molecule has 1 rings (SSSR count). The lowest BCUT2D eigenvalue weighted by Crippen LogP contribution is -2.09. The maximum atomic E-state index is 9.01. The van der Waals surface area contributed by atoms with Gasteiger partial charge in [-0.2, -0.15) is 0 Å². The van der Waals surface area contributed by atoms with Crippen molar-refractivity contribution in [3.8, 4) is 5.88 Å². The summed E-state index contributed by atoms with van der Waals surface area (Å²) in [4.78, 5) is 4.03. The number of ether oxygens (including phenoxy) is 2. The third-order valence-electron chi connectivity index (χ3n) is 1.84. The number of rotatable bonds is 7. The van der Waals surface area contributed by atoms with Gasteiger partial charge in [0.05, 0.1) is 13.2 Å². The van der Waals surface area contributed by atoms with Crippen LogP contribution in [0.15, 0.2) is 18.3 Å². The minimum Gasteiger partial charge on any atom is -0.475 e. The normalized spacial score (nSPS) is 10.3. The van der Waals surface area contributed by atoms with Crippen molar-refractivity contribution in [1.29, 1.82) is 0 Å². The minimum atomic E-state index is -0.0566. The van der Waals surface area contributed by atoms with E-state index in [1.54, 1.807) is 18.3 Å². The molecule has 1 heterocycles. The van der Waals surface area contributed by atoms with Gasteiger partial charge in [-0.1, -0.05) is 6.92 Å². The average molecular weight is 211 g/mol. The van der Waals surface area contributed by atoms with E-state index in [1.165, 1.54) is 0 Å². The summed E-state index contributed by atoms with van der Waals surface area (Å²) >= 11 is 0. The Hall–Kier alpha value is -1.13. The molecule has 0 aliphatic carbocycles. The van der Waals surface area contributed by atoms with Crippen molar-refractivity contribution in [2.75, 3.05) is 19.8 Å². The van der Waals surface area contributed by atoms with Gasteiger partial charge < -0.3 is 14.6 Å². The fourth-order valence-corrected chi connectivity index (χ4v) is 1.12. The Bertz CT molecular complexity index is 278. The SMILES string of the molecule is CCCOCCOc1ncccc1CO. The van der Waals surface area contributed by atoms with Crippen molar-refractivity contribution in [2.45, 2.75) is 20.0 Å². The smallest absolute Gasteiger partial charge is 0.218 e. The Labute approximate surface area is 89.9 Å². The molecule has 0 bridgehead atoms. The summed E-state index contributed by atoms with van der Waals surface area (Å²) in [6.07, 6.45) is 2.65. The second kappa shape index (κ2) is 7.20. The predicted molar refractivity (Wildman–Crippen MR) is 56.8 cm³/mol. The Balaban J connectivity index is 2.30. The number of hydrogen-bond acceptors (Lipinski definition) is 4. The summed E-state index contributed by atoms with van der Waals surface area (Å²) in [5.41, 5.74) is 0.702. The molecule has 4 nitrogen and oxygen atoms in total. The summed E-state index contributed by atoms with van der Waals surface area (Å²) < 4.78 is 10.6. The van der Waals surface area contributed by atoms with Gasteiger partial charge in [-0.3, -0.25) is 0 Å². The van der Waals surface area contributed by atoms with Crippen molar-refractivity contribution in [3.05, 3.63) is 23.9 Å². The Morgan fingerprint density at radius 1 is 1.33 bits per heavy atom. The van der Waals surface area contributed by atoms with Gasteiger partial charge in [0.15, 0.2) is 0 Å². The molecule has 1 aromatic rings. The quantitative estimate of drug-likeness (QED) is 0.692. The van der Waals surface area contributed by atoms with Crippen LogP contribution in [-0.2, 0) is 11.3 Å². The number of aliphatic hydroxyl groups excluding tert-OH is 1. The molecule has 15 heavy (non-hydrogen) atoms. The van der Waals surface area contributed by atoms with Crippen LogP contribution >= 0.6 is 0 Å². The molecule has 0 aliphatic heterocycles. The van der Waals surface area contributed by atoms with E-state index in [-0.39, 0.29) is 6.61 Å². The van der Waals surface area contributed by atoms with Crippen LogP contribution in [-0.4, -0.2) is 29.9 Å². The maximum absolute atomic E-state index is 9.01. The van der Waals surface area contributed by atoms with Gasteiger partial charge in [-0.15, -0.1) is 0 Å². The van der Waals surface area contributed by atoms with E-state index in [0.717, 1.165) is 13.0 Å². The first-order chi connectivity index (χ1) is 7.38. The molecule has 1 aromatic heterocycles. The molecule has 0 atom stereocenters. The summed E-state index contributed by atoms with van der Waals surface area (Å²) in [7, 11) is 0. The first-order valence-corrected chi connectivity index (χ1v) is 5.13. The number of hydrogen-bond donors (Lipinski definition) is 1. The van der Waals surface area contributed by atoms with E-state index in [1.807, 2.05) is 0 Å². The van der Waals surface area contributed by atoms with Crippen LogP contribution in [0.25, 0.3) is 0 Å². The molecule has 0 radical (unpaired) electrons. The minimum absolute atomic E-state index is 0.0566. The van der Waals surface area contributed by atoms with E-state index in [9.17, 15) is 0 Å². The molecule has 0 spiro atoms. The van der Waals surface area contributed by atoms with Crippen molar-refractivity contribution >= 4 is 0 Å². The monoisotopic (exact) mass is 211 g/mol. The zero-order valence-corrected chi connectivity index (χ0v) is 8.98. The van der Waals surface area contributed by atoms with Crippen LogP contribution in [0.4, 0.5) is 0 Å². The van der Waals surface area contributed by atoms with Crippen molar-refractivity contribution in [2.24, 2.45) is 0 Å². The third kappa shape index (κ3) is 4.27. The molecule has 0 saturated heterocycles. The van der Waals surface area contributed by atoms with Gasteiger partial charge in [-0.05, 0) is 18.6 Å². The molecule has 4 heteroatoms. The molecule has 84 valence electrons. The van der Waals surface area contributed by atoms with Crippen LogP contribution in [0.3, 0.4) is 0 Å². The number of aliphatic hydroxyl groups is 1. The van der Waals surface area contributed by atoms with Gasteiger partial charge in [-0.25, -0.2) is 4.98 Å². The first-order valence-electron chi connectivity index (χ1n) is 5.13. The summed E-state index contributed by atoms with van der Waals surface area (Å²) in [5, 5.41) is 9.01. The second-order valence-electron chi connectivity index (χ2n) is 3.09. The predicted octanol–water partition coefficient (Wildman–Crippen LogP) is 1.38. The average Bonchev–Trinajstić information content (AvgIpc) is 2.29. The number of aromatic nitrogens is 1. The summed E-state index contributed by atoms with van der Waals surface area (Å²) in [6, 6.07) is 3.56. The van der Waals surface area contributed by atoms with Crippen LogP contribution < -0.4 is 4.74 Å². The molecule has 0 aromatic carbocycles. The second-order valence-corrected chi connectivity index (χ2v) is 3.09. The molecular formula is C11H17NO3. The van der Waals surface area contributed by atoms with Gasteiger partial charge in [0.25, 0.3) is 0 Å². The molecule has 0 fully saturated rings. The van der Waals surface area contributed by atoms with Crippen molar-refractivity contribution in [3.63, 3.8) is 0 Å². The fourth-order valence-electron chi connectivity index (χ4n) is 1.12. The standard InChI is InChI=1S/C11H17NO3/c1-2-6-14-7-8-15-11-10(9-13)4-3-5-12-11/h3-5,13H,2,6-9H2,1H3. The zero-order chi connectivity index (χ0) is 10.9. The van der Waals surface area contributed by atoms with E-state index in [2.05, 4.69) is 11.9 Å². The highest BCUT2D eigenvalue weighted by Crippen LogP contribution is 2.13. The topological polar surface area (TPSA) is 51.6 Å². The molecule has 0 aliphatic rings. The highest BCUT2D eigenvalue weighted by Gasteiger charge is 2.02. The van der Waals surface area contributed by atoms with Gasteiger partial charge >= 0.3 is 0 Å². The third-order valence-corrected chi connectivity index (χ3v) is 1.84. The van der Waals surface area contributed by atoms with E-state index in [0.29, 0.717) is 24.7 Å². The van der Waals surface area contributed by atoms with Gasteiger partial charge in [0, 0.05) is 18.4 Å². The zero-order valence-electron chi connectivity index (χ0n) is 8.98. The Morgan fingerprint density at radius 3 is 2.93 bits per heavy atom. The number of nitrogens with zero attached hydrogens (tertiary/aromatic N) is 1. The van der Waals surface area contributed by atoms with Crippen molar-refractivity contribution < 1.29 is 14.6 Å². The largest absolute Gasteiger partial charge is 0.475 e. The van der Waals surface area contributed by atoms with Crippen LogP contribution in [0, 0.1) is 0 Å². The molecule has 0 saturated carbocycles. The molecular weight excluding hydrogens is 194 g/mol. The van der Waals surface area contributed by atoms with E-state index < -0.39 is 0 Å². The maximum Gasteiger partial charge on any atom is 0.218 e. The lowest BCUT2D eigenvalue weighted by atomic mass is 10.3. The van der Waals surface area contributed by atoms with Gasteiger partial charge in [0.2, 0.25) is 5.88 Å². The van der Waals surface area contributed by atoms with Crippen LogP contribution in [0.1, 0.15) is 18.9 Å². The van der Waals surface area contributed by atoms with E-state index >= 15 is 0 Å². The lowest BCUT2D eigenvalue weighted by Gasteiger charge is -2.08. The van der Waals surface area contributed by atoms with E-state index in [4.69, 9.17) is 14.6 Å². The number of pyridine rings is 1. The van der Waals surface area contributed by atoms with Crippen LogP contribution in [0.2, 0.25) is 0 Å². The highest BCUT2D eigenvalue weighted by molar-refractivity contribution is 5.24.